The van der Waals surface area contributed by atoms with Gasteiger partial charge in [-0.05, 0) is 40.5 Å². The molecule has 1 heterocycles. The summed E-state index contributed by atoms with van der Waals surface area (Å²) in [5.41, 5.74) is 2.10. The molecule has 0 radical (unpaired) electrons. The number of aryl methyl sites for hydroxylation is 1. The number of hydrogen-bond donors (Lipinski definition) is 2. The van der Waals surface area contributed by atoms with Crippen molar-refractivity contribution in [3.05, 3.63) is 28.2 Å². The maximum atomic E-state index is 11.7. The van der Waals surface area contributed by atoms with Gasteiger partial charge in [-0.15, -0.1) is 0 Å². The van der Waals surface area contributed by atoms with E-state index in [1.807, 2.05) is 30.0 Å². The van der Waals surface area contributed by atoms with Crippen LogP contribution in [-0.4, -0.2) is 36.8 Å². The quantitative estimate of drug-likeness (QED) is 0.858. The largest absolute Gasteiger partial charge is 0.394 e. The Morgan fingerprint density at radius 2 is 2.35 bits per heavy atom. The second kappa shape index (κ2) is 5.06. The van der Waals surface area contributed by atoms with Crippen molar-refractivity contribution in [1.29, 1.82) is 0 Å². The van der Waals surface area contributed by atoms with Crippen molar-refractivity contribution < 1.29 is 9.90 Å². The molecule has 1 aromatic carbocycles. The number of carbonyl (C=O) groups is 1. The Kier molecular flexibility index (Phi) is 3.69. The van der Waals surface area contributed by atoms with E-state index in [2.05, 4.69) is 21.2 Å². The van der Waals surface area contributed by atoms with Crippen molar-refractivity contribution in [3.63, 3.8) is 0 Å². The number of carbonyl (C=O) groups excluding carboxylic acids is 1. The fraction of sp³-hybridized carbons (Fsp3) is 0.417. The Morgan fingerprint density at radius 3 is 3.00 bits per heavy atom. The number of aliphatic hydroxyl groups is 1. The molecule has 1 unspecified atom stereocenters. The molecule has 92 valence electrons. The zero-order valence-electron chi connectivity index (χ0n) is 9.61. The molecule has 5 heteroatoms. The first-order valence-electron chi connectivity index (χ1n) is 5.55. The molecule has 1 amide bonds. The van der Waals surface area contributed by atoms with Gasteiger partial charge in [0.05, 0.1) is 12.3 Å². The summed E-state index contributed by atoms with van der Waals surface area (Å²) in [5.74, 6) is -0.119. The maximum Gasteiger partial charge on any atom is 0.245 e. The predicted molar refractivity (Wildman–Crippen MR) is 70.1 cm³/mol. The Labute approximate surface area is 109 Å². The number of rotatable bonds is 2. The number of anilines is 1. The predicted octanol–water partition coefficient (Wildman–Crippen LogP) is 1.05. The number of amides is 1. The summed E-state index contributed by atoms with van der Waals surface area (Å²) >= 11 is 3.50. The molecular weight excluding hydrogens is 284 g/mol. The Bertz CT molecular complexity index is 437. The summed E-state index contributed by atoms with van der Waals surface area (Å²) in [6.45, 7) is 3.15. The van der Waals surface area contributed by atoms with Gasteiger partial charge in [0.25, 0.3) is 0 Å². The first-order valence-corrected chi connectivity index (χ1v) is 6.34. The van der Waals surface area contributed by atoms with E-state index in [1.165, 1.54) is 0 Å². The number of nitrogens with zero attached hydrogens (tertiary/aromatic N) is 1. The summed E-state index contributed by atoms with van der Waals surface area (Å²) in [5, 5.41) is 12.1. The minimum atomic E-state index is -0.497. The van der Waals surface area contributed by atoms with Crippen LogP contribution in [-0.2, 0) is 4.79 Å². The molecule has 1 aliphatic rings. The van der Waals surface area contributed by atoms with Crippen molar-refractivity contribution in [2.45, 2.75) is 13.0 Å². The zero-order chi connectivity index (χ0) is 12.4. The Morgan fingerprint density at radius 1 is 1.59 bits per heavy atom. The van der Waals surface area contributed by atoms with Gasteiger partial charge in [0.15, 0.2) is 0 Å². The third-order valence-electron chi connectivity index (χ3n) is 2.92. The number of halogens is 1. The summed E-state index contributed by atoms with van der Waals surface area (Å²) in [4.78, 5) is 13.6. The Balaban J connectivity index is 2.33. The first-order chi connectivity index (χ1) is 8.13. The van der Waals surface area contributed by atoms with Crippen LogP contribution < -0.4 is 10.2 Å². The molecule has 1 atom stereocenters. The zero-order valence-corrected chi connectivity index (χ0v) is 11.2. The monoisotopic (exact) mass is 298 g/mol. The van der Waals surface area contributed by atoms with Crippen LogP contribution >= 0.6 is 15.9 Å². The highest BCUT2D eigenvalue weighted by molar-refractivity contribution is 9.10. The molecule has 0 aliphatic carbocycles. The third kappa shape index (κ3) is 2.45. The fourth-order valence-electron chi connectivity index (χ4n) is 2.03. The van der Waals surface area contributed by atoms with Crippen LogP contribution in [0.3, 0.4) is 0 Å². The van der Waals surface area contributed by atoms with Crippen molar-refractivity contribution in [2.75, 3.05) is 24.6 Å². The minimum absolute atomic E-state index is 0.119. The minimum Gasteiger partial charge on any atom is -0.394 e. The van der Waals surface area contributed by atoms with E-state index < -0.39 is 6.04 Å². The second-order valence-corrected chi connectivity index (χ2v) is 4.99. The van der Waals surface area contributed by atoms with Gasteiger partial charge < -0.3 is 15.3 Å². The summed E-state index contributed by atoms with van der Waals surface area (Å²) in [6, 6.07) is 5.49. The van der Waals surface area contributed by atoms with E-state index in [0.717, 1.165) is 15.7 Å². The van der Waals surface area contributed by atoms with Gasteiger partial charge in [0, 0.05) is 17.6 Å². The van der Waals surface area contributed by atoms with E-state index in [4.69, 9.17) is 0 Å². The number of piperazine rings is 1. The normalized spacial score (nSPS) is 20.3. The van der Waals surface area contributed by atoms with Crippen molar-refractivity contribution in [2.24, 2.45) is 0 Å². The molecule has 4 nitrogen and oxygen atoms in total. The molecule has 1 saturated heterocycles. The van der Waals surface area contributed by atoms with Crippen LogP contribution in [0.15, 0.2) is 22.7 Å². The number of nitrogens with one attached hydrogen (secondary N) is 1. The third-order valence-corrected chi connectivity index (χ3v) is 3.55. The molecule has 1 aromatic rings. The lowest BCUT2D eigenvalue weighted by Crippen LogP contribution is -2.57. The van der Waals surface area contributed by atoms with Crippen LogP contribution in [0.2, 0.25) is 0 Å². The molecule has 1 aliphatic heterocycles. The van der Waals surface area contributed by atoms with Crippen LogP contribution in [0.25, 0.3) is 0 Å². The van der Waals surface area contributed by atoms with Gasteiger partial charge in [-0.1, -0.05) is 6.07 Å². The molecule has 0 aromatic heterocycles. The van der Waals surface area contributed by atoms with Gasteiger partial charge >= 0.3 is 0 Å². The van der Waals surface area contributed by atoms with Gasteiger partial charge in [0.2, 0.25) is 5.91 Å². The van der Waals surface area contributed by atoms with Gasteiger partial charge in [-0.3, -0.25) is 4.79 Å². The molecule has 2 N–H and O–H groups in total. The molecular formula is C12H15BrN2O2. The lowest BCUT2D eigenvalue weighted by molar-refractivity contribution is -0.124. The van der Waals surface area contributed by atoms with Crippen LogP contribution in [0.4, 0.5) is 5.69 Å². The number of aliphatic hydroxyl groups excluding tert-OH is 1. The molecule has 2 rings (SSSR count). The SMILES string of the molecule is Cc1ccc(N2CCNC(=O)C2CO)c(Br)c1. The fourth-order valence-corrected chi connectivity index (χ4v) is 2.75. The maximum absolute atomic E-state index is 11.7. The molecule has 1 fully saturated rings. The van der Waals surface area contributed by atoms with E-state index in [-0.39, 0.29) is 12.5 Å². The van der Waals surface area contributed by atoms with Crippen LogP contribution in [0.1, 0.15) is 5.56 Å². The van der Waals surface area contributed by atoms with E-state index in [0.29, 0.717) is 13.1 Å². The van der Waals surface area contributed by atoms with Crippen molar-refractivity contribution >= 4 is 27.5 Å². The van der Waals surface area contributed by atoms with E-state index in [9.17, 15) is 9.90 Å². The molecule has 0 bridgehead atoms. The second-order valence-electron chi connectivity index (χ2n) is 4.14. The van der Waals surface area contributed by atoms with E-state index in [1.54, 1.807) is 0 Å². The van der Waals surface area contributed by atoms with Gasteiger partial charge in [-0.2, -0.15) is 0 Å². The lowest BCUT2D eigenvalue weighted by Gasteiger charge is -2.36. The number of hydrogen-bond acceptors (Lipinski definition) is 3. The molecule has 17 heavy (non-hydrogen) atoms. The molecule has 0 spiro atoms. The molecule has 0 saturated carbocycles. The summed E-state index contributed by atoms with van der Waals surface area (Å²) < 4.78 is 0.950. The number of benzene rings is 1. The van der Waals surface area contributed by atoms with Crippen LogP contribution in [0, 0.1) is 6.92 Å². The Hall–Kier alpha value is -1.07. The highest BCUT2D eigenvalue weighted by Gasteiger charge is 2.29. The summed E-state index contributed by atoms with van der Waals surface area (Å²) in [7, 11) is 0. The standard InChI is InChI=1S/C12H15BrN2O2/c1-8-2-3-10(9(13)6-8)15-5-4-14-12(17)11(15)7-16/h2-3,6,11,16H,4-5,7H2,1H3,(H,14,17). The van der Waals surface area contributed by atoms with Crippen molar-refractivity contribution in [3.8, 4) is 0 Å². The lowest BCUT2D eigenvalue weighted by atomic mass is 10.1. The first kappa shape index (κ1) is 12.4. The highest BCUT2D eigenvalue weighted by Crippen LogP contribution is 2.29. The summed E-state index contributed by atoms with van der Waals surface area (Å²) in [6.07, 6.45) is 0. The van der Waals surface area contributed by atoms with Crippen molar-refractivity contribution in [1.82, 2.24) is 5.32 Å². The average Bonchev–Trinajstić information content (AvgIpc) is 2.29. The van der Waals surface area contributed by atoms with Crippen LogP contribution in [0.5, 0.6) is 0 Å². The van der Waals surface area contributed by atoms with Gasteiger partial charge in [-0.25, -0.2) is 0 Å². The average molecular weight is 299 g/mol. The van der Waals surface area contributed by atoms with E-state index >= 15 is 0 Å². The van der Waals surface area contributed by atoms with Gasteiger partial charge in [0.1, 0.15) is 6.04 Å². The smallest absolute Gasteiger partial charge is 0.245 e. The topological polar surface area (TPSA) is 52.6 Å². The highest BCUT2D eigenvalue weighted by atomic mass is 79.9.